The molecule has 1 aromatic carbocycles. The summed E-state index contributed by atoms with van der Waals surface area (Å²) in [6.45, 7) is 2.16. The molecule has 0 amide bonds. The molecule has 90 valence electrons. The standard InChI is InChI=1S/C13H15FN2S/c1-8(6-9-2-3-9)16-12-7-10(14)4-5-11(12)15-13(16)17/h4-5,7-9H,2-3,6H2,1H3,(H,15,17). The minimum Gasteiger partial charge on any atom is -0.331 e. The monoisotopic (exact) mass is 250 g/mol. The van der Waals surface area contributed by atoms with E-state index in [1.165, 1.54) is 18.9 Å². The summed E-state index contributed by atoms with van der Waals surface area (Å²) in [7, 11) is 0. The predicted octanol–water partition coefficient (Wildman–Crippen LogP) is 4.20. The van der Waals surface area contributed by atoms with E-state index in [4.69, 9.17) is 12.2 Å². The zero-order valence-corrected chi connectivity index (χ0v) is 10.6. The van der Waals surface area contributed by atoms with Gasteiger partial charge < -0.3 is 9.55 Å². The normalized spacial score (nSPS) is 17.5. The molecule has 2 aromatic rings. The topological polar surface area (TPSA) is 20.7 Å². The third-order valence-corrected chi connectivity index (χ3v) is 3.79. The molecule has 1 aliphatic rings. The van der Waals surface area contributed by atoms with E-state index in [-0.39, 0.29) is 5.82 Å². The predicted molar refractivity (Wildman–Crippen MR) is 69.1 cm³/mol. The van der Waals surface area contributed by atoms with Crippen molar-refractivity contribution in [3.8, 4) is 0 Å². The number of aromatic nitrogens is 2. The van der Waals surface area contributed by atoms with E-state index in [1.54, 1.807) is 12.1 Å². The van der Waals surface area contributed by atoms with Crippen LogP contribution in [0.2, 0.25) is 0 Å². The number of benzene rings is 1. The van der Waals surface area contributed by atoms with Gasteiger partial charge in [0.05, 0.1) is 11.0 Å². The van der Waals surface area contributed by atoms with E-state index < -0.39 is 0 Å². The maximum atomic E-state index is 13.3. The maximum Gasteiger partial charge on any atom is 0.178 e. The highest BCUT2D eigenvalue weighted by molar-refractivity contribution is 7.71. The van der Waals surface area contributed by atoms with Crippen molar-refractivity contribution in [3.63, 3.8) is 0 Å². The van der Waals surface area contributed by atoms with Crippen molar-refractivity contribution in [2.45, 2.75) is 32.2 Å². The molecule has 1 saturated carbocycles. The Bertz CT molecular complexity index is 609. The van der Waals surface area contributed by atoms with Gasteiger partial charge in [0.15, 0.2) is 4.77 Å². The molecule has 1 unspecified atom stereocenters. The number of hydrogen-bond donors (Lipinski definition) is 1. The number of imidazole rings is 1. The maximum absolute atomic E-state index is 13.3. The molecular weight excluding hydrogens is 235 g/mol. The van der Waals surface area contributed by atoms with E-state index >= 15 is 0 Å². The number of halogens is 1. The van der Waals surface area contributed by atoms with Crippen molar-refractivity contribution in [1.82, 2.24) is 9.55 Å². The van der Waals surface area contributed by atoms with Gasteiger partial charge in [-0.15, -0.1) is 0 Å². The smallest absolute Gasteiger partial charge is 0.178 e. The van der Waals surface area contributed by atoms with Crippen molar-refractivity contribution >= 4 is 23.3 Å². The third kappa shape index (κ3) is 2.02. The number of H-pyrrole nitrogens is 1. The molecule has 0 bridgehead atoms. The van der Waals surface area contributed by atoms with Crippen LogP contribution in [0.1, 0.15) is 32.2 Å². The Hall–Kier alpha value is -1.16. The molecule has 1 heterocycles. The number of fused-ring (bicyclic) bond motifs is 1. The van der Waals surface area contributed by atoms with E-state index in [1.807, 2.05) is 4.57 Å². The van der Waals surface area contributed by atoms with Crippen LogP contribution in [0.4, 0.5) is 4.39 Å². The highest BCUT2D eigenvalue weighted by atomic mass is 32.1. The van der Waals surface area contributed by atoms with Gasteiger partial charge in [0.1, 0.15) is 5.82 Å². The van der Waals surface area contributed by atoms with Crippen molar-refractivity contribution in [2.24, 2.45) is 5.92 Å². The summed E-state index contributed by atoms with van der Waals surface area (Å²) in [5.41, 5.74) is 1.79. The van der Waals surface area contributed by atoms with Crippen LogP contribution in [-0.2, 0) is 0 Å². The number of rotatable bonds is 3. The Morgan fingerprint density at radius 1 is 1.53 bits per heavy atom. The average molecular weight is 250 g/mol. The van der Waals surface area contributed by atoms with Crippen LogP contribution < -0.4 is 0 Å². The first-order chi connectivity index (χ1) is 8.15. The fourth-order valence-corrected chi connectivity index (χ4v) is 2.86. The Labute approximate surface area is 104 Å². The van der Waals surface area contributed by atoms with Crippen LogP contribution in [0.25, 0.3) is 11.0 Å². The molecular formula is C13H15FN2S. The number of hydrogen-bond acceptors (Lipinski definition) is 1. The van der Waals surface area contributed by atoms with Crippen LogP contribution in [-0.4, -0.2) is 9.55 Å². The Balaban J connectivity index is 2.09. The van der Waals surface area contributed by atoms with Crippen molar-refractivity contribution in [2.75, 3.05) is 0 Å². The first-order valence-corrected chi connectivity index (χ1v) is 6.46. The molecule has 3 rings (SSSR count). The molecule has 0 spiro atoms. The fourth-order valence-electron chi connectivity index (χ4n) is 2.47. The lowest BCUT2D eigenvalue weighted by Gasteiger charge is -2.13. The van der Waals surface area contributed by atoms with E-state index in [9.17, 15) is 4.39 Å². The molecule has 0 radical (unpaired) electrons. The molecule has 0 aliphatic heterocycles. The van der Waals surface area contributed by atoms with Crippen LogP contribution >= 0.6 is 12.2 Å². The van der Waals surface area contributed by atoms with Crippen molar-refractivity contribution in [3.05, 3.63) is 28.8 Å². The SMILES string of the molecule is CC(CC1CC1)n1c(=S)[nH]c2ccc(F)cc21. The highest BCUT2D eigenvalue weighted by Gasteiger charge is 2.25. The zero-order valence-electron chi connectivity index (χ0n) is 9.74. The van der Waals surface area contributed by atoms with Gasteiger partial charge in [0.2, 0.25) is 0 Å². The van der Waals surface area contributed by atoms with Crippen LogP contribution in [0.3, 0.4) is 0 Å². The second kappa shape index (κ2) is 3.95. The van der Waals surface area contributed by atoms with Gasteiger partial charge in [-0.2, -0.15) is 0 Å². The molecule has 0 saturated heterocycles. The Morgan fingerprint density at radius 3 is 3.00 bits per heavy atom. The summed E-state index contributed by atoms with van der Waals surface area (Å²) in [6.07, 6.45) is 3.79. The minimum absolute atomic E-state index is 0.209. The molecule has 1 atom stereocenters. The van der Waals surface area contributed by atoms with Crippen molar-refractivity contribution in [1.29, 1.82) is 0 Å². The first-order valence-electron chi connectivity index (χ1n) is 6.05. The van der Waals surface area contributed by atoms with Gasteiger partial charge in [0, 0.05) is 6.04 Å². The summed E-state index contributed by atoms with van der Waals surface area (Å²) in [5, 5.41) is 0. The zero-order chi connectivity index (χ0) is 12.0. The van der Waals surface area contributed by atoms with Crippen molar-refractivity contribution < 1.29 is 4.39 Å². The second-order valence-corrected chi connectivity index (χ2v) is 5.38. The summed E-state index contributed by atoms with van der Waals surface area (Å²) in [6, 6.07) is 5.11. The lowest BCUT2D eigenvalue weighted by molar-refractivity contribution is 0.482. The molecule has 17 heavy (non-hydrogen) atoms. The van der Waals surface area contributed by atoms with E-state index in [0.29, 0.717) is 10.8 Å². The lowest BCUT2D eigenvalue weighted by atomic mass is 10.1. The molecule has 2 nitrogen and oxygen atoms in total. The summed E-state index contributed by atoms with van der Waals surface area (Å²) in [4.78, 5) is 3.14. The van der Waals surface area contributed by atoms with Gasteiger partial charge in [-0.3, -0.25) is 0 Å². The minimum atomic E-state index is -0.209. The summed E-state index contributed by atoms with van der Waals surface area (Å²) < 4.78 is 16.0. The van der Waals surface area contributed by atoms with Gasteiger partial charge in [-0.05, 0) is 49.7 Å². The third-order valence-electron chi connectivity index (χ3n) is 3.49. The first kappa shape index (κ1) is 11.0. The number of aromatic amines is 1. The largest absolute Gasteiger partial charge is 0.331 e. The van der Waals surface area contributed by atoms with Crippen LogP contribution in [0.15, 0.2) is 18.2 Å². The lowest BCUT2D eigenvalue weighted by Crippen LogP contribution is -2.06. The molecule has 1 N–H and O–H groups in total. The van der Waals surface area contributed by atoms with Gasteiger partial charge in [-0.1, -0.05) is 12.8 Å². The van der Waals surface area contributed by atoms with Gasteiger partial charge >= 0.3 is 0 Å². The molecule has 1 aromatic heterocycles. The summed E-state index contributed by atoms with van der Waals surface area (Å²) >= 11 is 5.33. The molecule has 1 aliphatic carbocycles. The molecule has 4 heteroatoms. The fraction of sp³-hybridized carbons (Fsp3) is 0.462. The quantitative estimate of drug-likeness (QED) is 0.810. The second-order valence-electron chi connectivity index (χ2n) is 4.99. The van der Waals surface area contributed by atoms with Crippen LogP contribution in [0.5, 0.6) is 0 Å². The average Bonchev–Trinajstić information content (AvgIpc) is 3.00. The van der Waals surface area contributed by atoms with Crippen LogP contribution in [0, 0.1) is 16.5 Å². The molecule has 1 fully saturated rings. The summed E-state index contributed by atoms with van der Waals surface area (Å²) in [5.74, 6) is 0.629. The number of nitrogens with zero attached hydrogens (tertiary/aromatic N) is 1. The van der Waals surface area contributed by atoms with Gasteiger partial charge in [0.25, 0.3) is 0 Å². The highest BCUT2D eigenvalue weighted by Crippen LogP contribution is 2.37. The van der Waals surface area contributed by atoms with E-state index in [0.717, 1.165) is 23.4 Å². The van der Waals surface area contributed by atoms with E-state index in [2.05, 4.69) is 11.9 Å². The Morgan fingerprint density at radius 2 is 2.29 bits per heavy atom. The number of nitrogens with one attached hydrogen (secondary N) is 1. The van der Waals surface area contributed by atoms with Gasteiger partial charge in [-0.25, -0.2) is 4.39 Å². The Kier molecular flexibility index (Phi) is 2.54.